The van der Waals surface area contributed by atoms with Crippen LogP contribution < -0.4 is 0 Å². The van der Waals surface area contributed by atoms with E-state index in [1.165, 1.54) is 85.7 Å². The molecule has 228 valence electrons. The molecule has 48 heavy (non-hydrogen) atoms. The molecule has 0 amide bonds. The molecule has 3 heterocycles. The maximum atomic E-state index is 3.96. The molecular formula is C45H32N2S. The van der Waals surface area contributed by atoms with Crippen molar-refractivity contribution < 1.29 is 1.43 Å². The first-order chi connectivity index (χ1) is 23.7. The molecule has 0 saturated carbocycles. The van der Waals surface area contributed by atoms with Gasteiger partial charge in [0.25, 0.3) is 0 Å². The van der Waals surface area contributed by atoms with E-state index in [-0.39, 0.29) is 1.43 Å². The van der Waals surface area contributed by atoms with Gasteiger partial charge in [0.2, 0.25) is 0 Å². The van der Waals surface area contributed by atoms with Crippen LogP contribution in [0.5, 0.6) is 0 Å². The topological polar surface area (TPSA) is 9.86 Å². The SMILES string of the molecule is C=C/C=C\c1c(C)sc2ccc3c(c4ccccc4c4c5ccccc5n(-c5ccc(-n6c7ccccc7c7ccccc76)cc5)c34)c12.[HH]. The molecule has 0 N–H and O–H groups in total. The van der Waals surface area contributed by atoms with E-state index >= 15 is 0 Å². The van der Waals surface area contributed by atoms with Crippen molar-refractivity contribution in [1.29, 1.82) is 0 Å². The number of nitrogens with zero attached hydrogens (tertiary/aromatic N) is 2. The first-order valence-corrected chi connectivity index (χ1v) is 17.2. The van der Waals surface area contributed by atoms with Crippen LogP contribution in [-0.2, 0) is 0 Å². The summed E-state index contributed by atoms with van der Waals surface area (Å²) in [5.41, 5.74) is 8.48. The maximum Gasteiger partial charge on any atom is 0.0626 e. The Kier molecular flexibility index (Phi) is 5.84. The molecule has 0 unspecified atom stereocenters. The summed E-state index contributed by atoms with van der Waals surface area (Å²) in [6.07, 6.45) is 6.15. The van der Waals surface area contributed by atoms with Gasteiger partial charge in [-0.05, 0) is 71.8 Å². The summed E-state index contributed by atoms with van der Waals surface area (Å²) < 4.78 is 6.18. The Hall–Kier alpha value is -5.90. The van der Waals surface area contributed by atoms with E-state index in [0.29, 0.717) is 0 Å². The maximum absolute atomic E-state index is 3.96. The van der Waals surface area contributed by atoms with Crippen molar-refractivity contribution in [3.05, 3.63) is 163 Å². The Morgan fingerprint density at radius 3 is 1.67 bits per heavy atom. The fourth-order valence-corrected chi connectivity index (χ4v) is 9.14. The zero-order valence-electron chi connectivity index (χ0n) is 26.4. The monoisotopic (exact) mass is 632 g/mol. The van der Waals surface area contributed by atoms with Crippen LogP contribution in [0.25, 0.3) is 92.7 Å². The molecule has 10 rings (SSSR count). The third-order valence-electron chi connectivity index (χ3n) is 10.0. The number of hydrogen-bond donors (Lipinski definition) is 0. The van der Waals surface area contributed by atoms with Crippen LogP contribution >= 0.6 is 11.3 Å². The first-order valence-electron chi connectivity index (χ1n) is 16.4. The number of benzene rings is 7. The molecule has 0 aliphatic heterocycles. The molecule has 3 aromatic heterocycles. The lowest BCUT2D eigenvalue weighted by molar-refractivity contribution is 1.15. The van der Waals surface area contributed by atoms with Crippen LogP contribution in [0.15, 0.2) is 152 Å². The van der Waals surface area contributed by atoms with E-state index < -0.39 is 0 Å². The van der Waals surface area contributed by atoms with Crippen molar-refractivity contribution in [2.45, 2.75) is 6.92 Å². The molecule has 0 saturated heterocycles. The molecule has 0 fully saturated rings. The lowest BCUT2D eigenvalue weighted by Crippen LogP contribution is -1.98. The molecule has 0 aliphatic carbocycles. The van der Waals surface area contributed by atoms with Gasteiger partial charge in [-0.1, -0.05) is 110 Å². The fraction of sp³-hybridized carbons (Fsp3) is 0.0222. The normalized spacial score (nSPS) is 12.3. The summed E-state index contributed by atoms with van der Waals surface area (Å²) in [5.74, 6) is 0. The Morgan fingerprint density at radius 1 is 0.521 bits per heavy atom. The van der Waals surface area contributed by atoms with E-state index in [2.05, 4.69) is 168 Å². The van der Waals surface area contributed by atoms with Crippen molar-refractivity contribution in [1.82, 2.24) is 9.13 Å². The van der Waals surface area contributed by atoms with Gasteiger partial charge in [-0.2, -0.15) is 0 Å². The van der Waals surface area contributed by atoms with Crippen LogP contribution in [0.1, 0.15) is 11.9 Å². The van der Waals surface area contributed by atoms with Gasteiger partial charge in [0.15, 0.2) is 0 Å². The molecule has 0 radical (unpaired) electrons. The Balaban J connectivity index is 0.00000325. The molecule has 0 aliphatic rings. The molecular weight excluding hydrogens is 601 g/mol. The van der Waals surface area contributed by atoms with E-state index in [9.17, 15) is 0 Å². The van der Waals surface area contributed by atoms with Gasteiger partial charge in [-0.25, -0.2) is 0 Å². The molecule has 0 spiro atoms. The number of aryl methyl sites for hydroxylation is 1. The van der Waals surface area contributed by atoms with E-state index in [4.69, 9.17) is 0 Å². The van der Waals surface area contributed by atoms with Crippen molar-refractivity contribution in [3.8, 4) is 11.4 Å². The number of rotatable bonds is 4. The highest BCUT2D eigenvalue weighted by Crippen LogP contribution is 2.47. The number of aromatic nitrogens is 2. The van der Waals surface area contributed by atoms with Crippen molar-refractivity contribution in [2.24, 2.45) is 0 Å². The van der Waals surface area contributed by atoms with Crippen molar-refractivity contribution in [2.75, 3.05) is 0 Å². The summed E-state index contributed by atoms with van der Waals surface area (Å²) in [7, 11) is 0. The van der Waals surface area contributed by atoms with Crippen molar-refractivity contribution in [3.63, 3.8) is 0 Å². The minimum absolute atomic E-state index is 0. The average Bonchev–Trinajstić information content (AvgIpc) is 3.78. The third-order valence-corrected chi connectivity index (χ3v) is 11.1. The second-order valence-corrected chi connectivity index (χ2v) is 13.8. The Labute approximate surface area is 283 Å². The summed E-state index contributed by atoms with van der Waals surface area (Å²) in [5, 5.41) is 11.6. The van der Waals surface area contributed by atoms with Gasteiger partial charge < -0.3 is 9.13 Å². The highest BCUT2D eigenvalue weighted by molar-refractivity contribution is 7.19. The fourth-order valence-electron chi connectivity index (χ4n) is 8.08. The molecule has 7 aromatic carbocycles. The smallest absolute Gasteiger partial charge is 0.0626 e. The second kappa shape index (κ2) is 10.3. The number of fused-ring (bicyclic) bond motifs is 13. The Bertz CT molecular complexity index is 2920. The van der Waals surface area contributed by atoms with Gasteiger partial charge in [0.1, 0.15) is 0 Å². The van der Waals surface area contributed by atoms with Gasteiger partial charge in [0, 0.05) is 60.1 Å². The summed E-state index contributed by atoms with van der Waals surface area (Å²) in [6, 6.07) is 49.0. The van der Waals surface area contributed by atoms with Crippen LogP contribution in [-0.4, -0.2) is 9.13 Å². The lowest BCUT2D eigenvalue weighted by atomic mass is 9.93. The van der Waals surface area contributed by atoms with Crippen molar-refractivity contribution >= 4 is 92.7 Å². The van der Waals surface area contributed by atoms with Gasteiger partial charge in [0.05, 0.1) is 22.1 Å². The predicted octanol–water partition coefficient (Wildman–Crippen LogP) is 13.2. The van der Waals surface area contributed by atoms with Crippen LogP contribution in [0.2, 0.25) is 0 Å². The van der Waals surface area contributed by atoms with E-state index in [1.54, 1.807) is 0 Å². The zero-order chi connectivity index (χ0) is 31.9. The first kappa shape index (κ1) is 27.2. The molecule has 0 bridgehead atoms. The quantitative estimate of drug-likeness (QED) is 0.135. The molecule has 0 atom stereocenters. The lowest BCUT2D eigenvalue weighted by Gasteiger charge is -2.14. The highest BCUT2D eigenvalue weighted by Gasteiger charge is 2.22. The number of hydrogen-bond acceptors (Lipinski definition) is 1. The average molecular weight is 633 g/mol. The van der Waals surface area contributed by atoms with Gasteiger partial charge in [-0.15, -0.1) is 11.3 Å². The summed E-state index contributed by atoms with van der Waals surface area (Å²) in [4.78, 5) is 1.32. The number of para-hydroxylation sites is 3. The largest absolute Gasteiger partial charge is 0.309 e. The van der Waals surface area contributed by atoms with E-state index in [0.717, 1.165) is 11.4 Å². The standard InChI is InChI=1S/C45H30N2S.H2/c1-3-4-13-31-28(2)48-41-27-26-37-42(44(31)41)34-16-5-6-17-35(34)43-36-18-9-12-21-40(36)47(45(37)43)30-24-22-29(23-25-30)46-38-19-10-7-14-32(38)33-15-8-11-20-39(33)46;/h3-27H,1H2,2H3;1H/b13-4-;. The second-order valence-electron chi connectivity index (χ2n) is 12.5. The molecule has 2 nitrogen and oxygen atoms in total. The minimum atomic E-state index is 0. The number of allylic oxidation sites excluding steroid dienone is 2. The predicted molar refractivity (Wildman–Crippen MR) is 212 cm³/mol. The summed E-state index contributed by atoms with van der Waals surface area (Å²) in [6.45, 7) is 6.19. The summed E-state index contributed by atoms with van der Waals surface area (Å²) >= 11 is 1.87. The molecule has 10 aromatic rings. The minimum Gasteiger partial charge on any atom is -0.309 e. The van der Waals surface area contributed by atoms with Gasteiger partial charge >= 0.3 is 0 Å². The zero-order valence-corrected chi connectivity index (χ0v) is 27.3. The Morgan fingerprint density at radius 2 is 1.04 bits per heavy atom. The van der Waals surface area contributed by atoms with Gasteiger partial charge in [-0.3, -0.25) is 0 Å². The highest BCUT2D eigenvalue weighted by atomic mass is 32.1. The van der Waals surface area contributed by atoms with E-state index in [1.807, 2.05) is 17.4 Å². The van der Waals surface area contributed by atoms with Crippen LogP contribution in [0, 0.1) is 6.92 Å². The number of thiophene rings is 1. The molecule has 3 heteroatoms. The third kappa shape index (κ3) is 3.68. The van der Waals surface area contributed by atoms with Crippen LogP contribution in [0.3, 0.4) is 0 Å². The van der Waals surface area contributed by atoms with Crippen LogP contribution in [0.4, 0.5) is 0 Å².